The van der Waals surface area contributed by atoms with Crippen LogP contribution in [0.15, 0.2) is 0 Å². The molecule has 0 aromatic rings. The van der Waals surface area contributed by atoms with Crippen molar-refractivity contribution >= 4 is 0 Å². The number of hydrogen-bond acceptors (Lipinski definition) is 3. The number of nitriles is 1. The maximum Gasteiger partial charge on any atom is 0.0697 e. The lowest BCUT2D eigenvalue weighted by Crippen LogP contribution is -2.65. The van der Waals surface area contributed by atoms with Crippen LogP contribution in [0.2, 0.25) is 0 Å². The Morgan fingerprint density at radius 3 is 2.58 bits per heavy atom. The quantitative estimate of drug-likeness (QED) is 0.829. The minimum atomic E-state index is -0.271. The zero-order valence-electron chi connectivity index (χ0n) is 12.7. The van der Waals surface area contributed by atoms with Crippen LogP contribution >= 0.6 is 0 Å². The Morgan fingerprint density at radius 2 is 2.00 bits per heavy atom. The SMILES string of the molecule is CCOC1CC(NCC(C)(C)C#N)C12CCCCC2. The third kappa shape index (κ3) is 2.95. The Hall–Kier alpha value is -0.590. The van der Waals surface area contributed by atoms with E-state index in [-0.39, 0.29) is 5.41 Å². The zero-order chi connectivity index (χ0) is 13.9. The summed E-state index contributed by atoms with van der Waals surface area (Å²) in [6.07, 6.45) is 8.20. The molecule has 3 nitrogen and oxygen atoms in total. The molecule has 108 valence electrons. The first-order valence-corrected chi connectivity index (χ1v) is 7.80. The van der Waals surface area contributed by atoms with Crippen molar-refractivity contribution in [2.45, 2.75) is 71.4 Å². The van der Waals surface area contributed by atoms with Crippen LogP contribution in [0.25, 0.3) is 0 Å². The van der Waals surface area contributed by atoms with Crippen LogP contribution in [-0.4, -0.2) is 25.3 Å². The predicted octanol–water partition coefficient (Wildman–Crippen LogP) is 3.25. The van der Waals surface area contributed by atoms with Gasteiger partial charge < -0.3 is 10.1 Å². The van der Waals surface area contributed by atoms with E-state index in [4.69, 9.17) is 10.00 Å². The Balaban J connectivity index is 1.96. The molecule has 3 heteroatoms. The second-order valence-electron chi connectivity index (χ2n) is 6.90. The van der Waals surface area contributed by atoms with Crippen molar-refractivity contribution in [3.05, 3.63) is 0 Å². The summed E-state index contributed by atoms with van der Waals surface area (Å²) >= 11 is 0. The van der Waals surface area contributed by atoms with Gasteiger partial charge in [0, 0.05) is 24.6 Å². The van der Waals surface area contributed by atoms with E-state index >= 15 is 0 Å². The largest absolute Gasteiger partial charge is 0.378 e. The molecule has 0 aromatic carbocycles. The number of rotatable bonds is 5. The second-order valence-corrected chi connectivity index (χ2v) is 6.90. The van der Waals surface area contributed by atoms with E-state index in [0.29, 0.717) is 17.6 Å². The van der Waals surface area contributed by atoms with Crippen LogP contribution in [0.1, 0.15) is 59.3 Å². The first-order valence-electron chi connectivity index (χ1n) is 7.80. The monoisotopic (exact) mass is 264 g/mol. The topological polar surface area (TPSA) is 45.0 Å². The third-order valence-corrected chi connectivity index (χ3v) is 5.03. The van der Waals surface area contributed by atoms with Crippen molar-refractivity contribution in [1.29, 1.82) is 5.26 Å². The number of nitrogens with one attached hydrogen (secondary N) is 1. The number of hydrogen-bond donors (Lipinski definition) is 1. The Morgan fingerprint density at radius 1 is 1.32 bits per heavy atom. The van der Waals surface area contributed by atoms with Gasteiger partial charge in [0.05, 0.1) is 17.6 Å². The van der Waals surface area contributed by atoms with E-state index in [0.717, 1.165) is 19.6 Å². The van der Waals surface area contributed by atoms with E-state index in [1.54, 1.807) is 0 Å². The summed E-state index contributed by atoms with van der Waals surface area (Å²) in [6, 6.07) is 2.93. The fourth-order valence-electron chi connectivity index (χ4n) is 3.77. The average molecular weight is 264 g/mol. The van der Waals surface area contributed by atoms with Crippen LogP contribution in [0.4, 0.5) is 0 Å². The molecule has 2 unspecified atom stereocenters. The van der Waals surface area contributed by atoms with Gasteiger partial charge in [-0.1, -0.05) is 19.3 Å². The van der Waals surface area contributed by atoms with Gasteiger partial charge in [-0.05, 0) is 40.0 Å². The van der Waals surface area contributed by atoms with Crippen molar-refractivity contribution < 1.29 is 4.74 Å². The van der Waals surface area contributed by atoms with Gasteiger partial charge in [-0.3, -0.25) is 0 Å². The minimum absolute atomic E-state index is 0.271. The summed E-state index contributed by atoms with van der Waals surface area (Å²) in [7, 11) is 0. The van der Waals surface area contributed by atoms with Gasteiger partial charge in [0.25, 0.3) is 0 Å². The maximum atomic E-state index is 9.12. The normalized spacial score (nSPS) is 29.8. The lowest BCUT2D eigenvalue weighted by molar-refractivity contribution is -0.150. The molecule has 0 aliphatic heterocycles. The molecule has 0 heterocycles. The van der Waals surface area contributed by atoms with Crippen molar-refractivity contribution in [2.24, 2.45) is 10.8 Å². The Bertz CT molecular complexity index is 339. The van der Waals surface area contributed by atoms with Gasteiger partial charge in [-0.15, -0.1) is 0 Å². The van der Waals surface area contributed by atoms with Crippen LogP contribution in [-0.2, 0) is 4.74 Å². The average Bonchev–Trinajstić information content (AvgIpc) is 2.43. The Labute approximate surface area is 117 Å². The Kier molecular flexibility index (Phi) is 4.53. The molecule has 0 radical (unpaired) electrons. The molecule has 2 atom stereocenters. The smallest absolute Gasteiger partial charge is 0.0697 e. The fraction of sp³-hybridized carbons (Fsp3) is 0.938. The molecule has 1 spiro atoms. The van der Waals surface area contributed by atoms with Crippen LogP contribution in [0, 0.1) is 22.2 Å². The summed E-state index contributed by atoms with van der Waals surface area (Å²) in [5, 5.41) is 12.8. The lowest BCUT2D eigenvalue weighted by Gasteiger charge is -2.58. The summed E-state index contributed by atoms with van der Waals surface area (Å²) in [5.74, 6) is 0. The van der Waals surface area contributed by atoms with E-state index in [2.05, 4.69) is 18.3 Å². The van der Waals surface area contributed by atoms with E-state index in [1.807, 2.05) is 13.8 Å². The van der Waals surface area contributed by atoms with E-state index in [1.165, 1.54) is 32.1 Å². The van der Waals surface area contributed by atoms with Crippen molar-refractivity contribution in [3.63, 3.8) is 0 Å². The molecular formula is C16H28N2O. The third-order valence-electron chi connectivity index (χ3n) is 5.03. The highest BCUT2D eigenvalue weighted by Crippen LogP contribution is 2.53. The van der Waals surface area contributed by atoms with Gasteiger partial charge in [0.2, 0.25) is 0 Å². The van der Waals surface area contributed by atoms with Crippen molar-refractivity contribution in [2.75, 3.05) is 13.2 Å². The zero-order valence-corrected chi connectivity index (χ0v) is 12.7. The van der Waals surface area contributed by atoms with Crippen molar-refractivity contribution in [1.82, 2.24) is 5.32 Å². The van der Waals surface area contributed by atoms with Gasteiger partial charge in [-0.25, -0.2) is 0 Å². The summed E-state index contributed by atoms with van der Waals surface area (Å²) in [5.41, 5.74) is 0.0896. The number of ether oxygens (including phenoxy) is 1. The molecule has 0 amide bonds. The van der Waals surface area contributed by atoms with Gasteiger partial charge in [-0.2, -0.15) is 5.26 Å². The first-order chi connectivity index (χ1) is 9.04. The second kappa shape index (κ2) is 5.81. The highest BCUT2D eigenvalue weighted by atomic mass is 16.5. The van der Waals surface area contributed by atoms with Gasteiger partial charge in [0.1, 0.15) is 0 Å². The minimum Gasteiger partial charge on any atom is -0.378 e. The van der Waals surface area contributed by atoms with Crippen LogP contribution in [0.5, 0.6) is 0 Å². The van der Waals surface area contributed by atoms with Gasteiger partial charge >= 0.3 is 0 Å². The molecule has 1 N–H and O–H groups in total. The summed E-state index contributed by atoms with van der Waals surface area (Å²) in [4.78, 5) is 0. The van der Waals surface area contributed by atoms with E-state index < -0.39 is 0 Å². The lowest BCUT2D eigenvalue weighted by atomic mass is 9.55. The molecule has 0 bridgehead atoms. The predicted molar refractivity (Wildman–Crippen MR) is 76.7 cm³/mol. The molecular weight excluding hydrogens is 236 g/mol. The van der Waals surface area contributed by atoms with Crippen LogP contribution in [0.3, 0.4) is 0 Å². The van der Waals surface area contributed by atoms with Crippen LogP contribution < -0.4 is 5.32 Å². The molecule has 2 aliphatic rings. The van der Waals surface area contributed by atoms with Gasteiger partial charge in [0.15, 0.2) is 0 Å². The standard InChI is InChI=1S/C16H28N2O/c1-4-19-14-10-13(18-12-15(2,3)11-17)16(14)8-6-5-7-9-16/h13-14,18H,4-10,12H2,1-3H3. The molecule has 2 aliphatic carbocycles. The molecule has 2 rings (SSSR count). The number of nitrogens with zero attached hydrogens (tertiary/aromatic N) is 1. The molecule has 0 aromatic heterocycles. The molecule has 19 heavy (non-hydrogen) atoms. The molecule has 2 saturated carbocycles. The fourth-order valence-corrected chi connectivity index (χ4v) is 3.77. The van der Waals surface area contributed by atoms with E-state index in [9.17, 15) is 0 Å². The molecule has 2 fully saturated rings. The summed E-state index contributed by atoms with van der Waals surface area (Å²) < 4.78 is 5.95. The molecule has 0 saturated heterocycles. The van der Waals surface area contributed by atoms with Crippen molar-refractivity contribution in [3.8, 4) is 6.07 Å². The first kappa shape index (κ1) is 14.8. The summed E-state index contributed by atoms with van der Waals surface area (Å²) in [6.45, 7) is 7.71. The highest BCUT2D eigenvalue weighted by Gasteiger charge is 2.55. The highest BCUT2D eigenvalue weighted by molar-refractivity contribution is 5.09. The maximum absolute atomic E-state index is 9.12.